The van der Waals surface area contributed by atoms with Crippen LogP contribution in [-0.2, 0) is 0 Å². The molecule has 0 heterocycles. The highest BCUT2D eigenvalue weighted by Crippen LogP contribution is 2.19. The number of carboxylic acid groups (broad SMARTS) is 1. The lowest BCUT2D eigenvalue weighted by Gasteiger charge is -2.25. The Bertz CT molecular complexity index is 390. The van der Waals surface area contributed by atoms with Gasteiger partial charge in [-0.1, -0.05) is 29.8 Å². The Kier molecular flexibility index (Phi) is 3.74. The van der Waals surface area contributed by atoms with Crippen molar-refractivity contribution in [3.63, 3.8) is 0 Å². The van der Waals surface area contributed by atoms with Crippen LogP contribution in [0.15, 0.2) is 36.4 Å². The van der Waals surface area contributed by atoms with Gasteiger partial charge in [0.15, 0.2) is 0 Å². The first-order chi connectivity index (χ1) is 7.00. The molecular weight excluding hydrogens is 214 g/mol. The van der Waals surface area contributed by atoms with Crippen molar-refractivity contribution in [2.45, 2.75) is 6.92 Å². The van der Waals surface area contributed by atoms with Crippen LogP contribution >= 0.6 is 11.6 Å². The monoisotopic (exact) mass is 224 g/mol. The summed E-state index contributed by atoms with van der Waals surface area (Å²) in [5.41, 5.74) is 1.23. The number of carbonyl (C=O) groups excluding carboxylic acids is 1. The van der Waals surface area contributed by atoms with Crippen molar-refractivity contribution in [3.05, 3.63) is 41.4 Å². The van der Waals surface area contributed by atoms with Gasteiger partial charge in [0, 0.05) is 17.3 Å². The second-order valence-electron chi connectivity index (χ2n) is 3.29. The average Bonchev–Trinajstić information content (AvgIpc) is 2.13. The minimum absolute atomic E-state index is 0.211. The van der Waals surface area contributed by atoms with Gasteiger partial charge in [0.05, 0.1) is 0 Å². The summed E-state index contributed by atoms with van der Waals surface area (Å²) < 4.78 is 0. The molecule has 0 aliphatic carbocycles. The van der Waals surface area contributed by atoms with Crippen LogP contribution in [0.5, 0.6) is 0 Å². The van der Waals surface area contributed by atoms with Gasteiger partial charge in [-0.2, -0.15) is 0 Å². The molecule has 0 atom stereocenters. The maximum absolute atomic E-state index is 10.9. The number of amides is 1. The summed E-state index contributed by atoms with van der Waals surface area (Å²) >= 11 is 5.77. The summed E-state index contributed by atoms with van der Waals surface area (Å²) in [5.74, 6) is 0. The van der Waals surface area contributed by atoms with Gasteiger partial charge in [-0.25, -0.2) is 0 Å². The van der Waals surface area contributed by atoms with E-state index in [9.17, 15) is 9.90 Å². The van der Waals surface area contributed by atoms with Gasteiger partial charge < -0.3 is 14.8 Å². The van der Waals surface area contributed by atoms with Crippen LogP contribution in [0.25, 0.3) is 0 Å². The van der Waals surface area contributed by atoms with Crippen molar-refractivity contribution < 1.29 is 9.90 Å². The highest BCUT2D eigenvalue weighted by atomic mass is 35.5. The van der Waals surface area contributed by atoms with E-state index < -0.39 is 6.09 Å². The van der Waals surface area contributed by atoms with Gasteiger partial charge in [0.25, 0.3) is 0 Å². The third-order valence-corrected chi connectivity index (χ3v) is 2.00. The molecule has 0 aromatic heterocycles. The van der Waals surface area contributed by atoms with Gasteiger partial charge in [-0.3, -0.25) is 0 Å². The van der Waals surface area contributed by atoms with Gasteiger partial charge in [-0.05, 0) is 25.1 Å². The fourth-order valence-electron chi connectivity index (χ4n) is 1.18. The summed E-state index contributed by atoms with van der Waals surface area (Å²) in [5, 5.41) is 11.4. The van der Waals surface area contributed by atoms with Crippen molar-refractivity contribution in [2.24, 2.45) is 0 Å². The zero-order chi connectivity index (χ0) is 11.4. The molecule has 1 rings (SSSR count). The van der Waals surface area contributed by atoms with Crippen molar-refractivity contribution >= 4 is 23.4 Å². The molecule has 3 nitrogen and oxygen atoms in total. The SMILES string of the molecule is C=C(C)CN(C(=O)[O-])c1cccc(Cl)c1. The first-order valence-electron chi connectivity index (χ1n) is 4.39. The first kappa shape index (κ1) is 11.6. The molecule has 15 heavy (non-hydrogen) atoms. The molecule has 1 aromatic rings. The molecule has 0 unspecified atom stereocenters. The lowest BCUT2D eigenvalue weighted by atomic mass is 10.2. The quantitative estimate of drug-likeness (QED) is 0.738. The van der Waals surface area contributed by atoms with Crippen molar-refractivity contribution in [1.82, 2.24) is 0 Å². The predicted molar refractivity (Wildman–Crippen MR) is 59.0 cm³/mol. The third kappa shape index (κ3) is 3.29. The van der Waals surface area contributed by atoms with Crippen LogP contribution < -0.4 is 10.0 Å². The first-order valence-corrected chi connectivity index (χ1v) is 4.77. The van der Waals surface area contributed by atoms with E-state index in [2.05, 4.69) is 6.58 Å². The van der Waals surface area contributed by atoms with E-state index in [1.54, 1.807) is 31.2 Å². The van der Waals surface area contributed by atoms with E-state index in [0.717, 1.165) is 10.5 Å². The van der Waals surface area contributed by atoms with Crippen LogP contribution in [0.3, 0.4) is 0 Å². The Morgan fingerprint density at radius 3 is 2.73 bits per heavy atom. The number of halogens is 1. The third-order valence-electron chi connectivity index (χ3n) is 1.77. The second-order valence-corrected chi connectivity index (χ2v) is 3.73. The van der Waals surface area contributed by atoms with Crippen molar-refractivity contribution in [1.29, 1.82) is 0 Å². The number of rotatable bonds is 3. The van der Waals surface area contributed by atoms with E-state index in [-0.39, 0.29) is 6.54 Å². The molecule has 1 amide bonds. The largest absolute Gasteiger partial charge is 0.530 e. The zero-order valence-electron chi connectivity index (χ0n) is 8.37. The van der Waals surface area contributed by atoms with Crippen LogP contribution in [0.2, 0.25) is 5.02 Å². The van der Waals surface area contributed by atoms with Gasteiger partial charge in [0.2, 0.25) is 0 Å². The predicted octanol–water partition coefficient (Wildman–Crippen LogP) is 2.07. The summed E-state index contributed by atoms with van der Waals surface area (Å²) in [6.07, 6.45) is -1.26. The number of carbonyl (C=O) groups is 1. The molecule has 0 saturated heterocycles. The number of hydrogen-bond acceptors (Lipinski definition) is 2. The average molecular weight is 225 g/mol. The van der Waals surface area contributed by atoms with E-state index in [4.69, 9.17) is 11.6 Å². The molecule has 4 heteroatoms. The van der Waals surface area contributed by atoms with E-state index in [1.165, 1.54) is 0 Å². The molecule has 0 radical (unpaired) electrons. The van der Waals surface area contributed by atoms with Crippen LogP contribution in [0, 0.1) is 0 Å². The highest BCUT2D eigenvalue weighted by molar-refractivity contribution is 6.30. The Morgan fingerprint density at radius 1 is 1.60 bits per heavy atom. The molecule has 0 N–H and O–H groups in total. The van der Waals surface area contributed by atoms with E-state index >= 15 is 0 Å². The number of nitrogens with zero attached hydrogens (tertiary/aromatic N) is 1. The Morgan fingerprint density at radius 2 is 2.27 bits per heavy atom. The minimum atomic E-state index is -1.26. The van der Waals surface area contributed by atoms with E-state index in [0.29, 0.717) is 10.7 Å². The second kappa shape index (κ2) is 4.84. The number of benzene rings is 1. The summed E-state index contributed by atoms with van der Waals surface area (Å²) in [4.78, 5) is 12.0. The van der Waals surface area contributed by atoms with Gasteiger partial charge >= 0.3 is 0 Å². The fourth-order valence-corrected chi connectivity index (χ4v) is 1.36. The highest BCUT2D eigenvalue weighted by Gasteiger charge is 2.07. The maximum atomic E-state index is 10.9. The summed E-state index contributed by atoms with van der Waals surface area (Å²) in [6.45, 7) is 5.62. The maximum Gasteiger partial charge on any atom is 0.141 e. The van der Waals surface area contributed by atoms with E-state index in [1.807, 2.05) is 0 Å². The lowest BCUT2D eigenvalue weighted by molar-refractivity contribution is -0.246. The Balaban J connectivity index is 2.98. The molecule has 0 saturated carbocycles. The summed E-state index contributed by atoms with van der Waals surface area (Å²) in [7, 11) is 0. The molecule has 0 aliphatic heterocycles. The fraction of sp³-hybridized carbons (Fsp3) is 0.182. The summed E-state index contributed by atoms with van der Waals surface area (Å²) in [6, 6.07) is 6.59. The van der Waals surface area contributed by atoms with Crippen molar-refractivity contribution in [3.8, 4) is 0 Å². The number of hydrogen-bond donors (Lipinski definition) is 0. The lowest BCUT2D eigenvalue weighted by Crippen LogP contribution is -2.42. The standard InChI is InChI=1S/C11H12ClNO2/c1-8(2)7-13(11(14)15)10-5-3-4-9(12)6-10/h3-6H,1,7H2,2H3,(H,14,15)/p-1. The minimum Gasteiger partial charge on any atom is -0.530 e. The molecule has 0 spiro atoms. The number of anilines is 1. The molecule has 1 aromatic carbocycles. The van der Waals surface area contributed by atoms with Gasteiger partial charge in [0.1, 0.15) is 6.09 Å². The normalized spacial score (nSPS) is 9.73. The van der Waals surface area contributed by atoms with Gasteiger partial charge in [-0.15, -0.1) is 0 Å². The smallest absolute Gasteiger partial charge is 0.141 e. The molecular formula is C11H11ClNO2-. The molecule has 0 aliphatic rings. The molecule has 0 fully saturated rings. The Hall–Kier alpha value is -1.48. The zero-order valence-corrected chi connectivity index (χ0v) is 9.12. The van der Waals surface area contributed by atoms with Crippen LogP contribution in [0.4, 0.5) is 10.5 Å². The van der Waals surface area contributed by atoms with Crippen molar-refractivity contribution in [2.75, 3.05) is 11.4 Å². The molecule has 0 bridgehead atoms. The Labute approximate surface area is 93.6 Å². The molecule has 80 valence electrons. The van der Waals surface area contributed by atoms with Crippen LogP contribution in [-0.4, -0.2) is 12.6 Å². The van der Waals surface area contributed by atoms with Crippen LogP contribution in [0.1, 0.15) is 6.92 Å². The topological polar surface area (TPSA) is 43.4 Å².